The van der Waals surface area contributed by atoms with Crippen LogP contribution in [0.3, 0.4) is 0 Å². The average molecular weight is 382 g/mol. The van der Waals surface area contributed by atoms with E-state index >= 15 is 0 Å². The van der Waals surface area contributed by atoms with Gasteiger partial charge in [-0.1, -0.05) is 61.2 Å². The number of nitrogens with one attached hydrogen (secondary N) is 1. The standard InChI is InChI=1S/C19H22N6OS/c1-3-17(15-7-5-4-6-8-15)21-22-18-23-24-19(25(18)20)27-13-14-9-11-16(26-2)12-10-14/h4-12H,3,13,20H2,1-2H3,(H,22,23)/b21-17+. The van der Waals surface area contributed by atoms with E-state index in [9.17, 15) is 0 Å². The van der Waals surface area contributed by atoms with Gasteiger partial charge >= 0.3 is 0 Å². The first-order chi connectivity index (χ1) is 13.2. The van der Waals surface area contributed by atoms with E-state index in [1.165, 1.54) is 16.4 Å². The summed E-state index contributed by atoms with van der Waals surface area (Å²) < 4.78 is 6.58. The van der Waals surface area contributed by atoms with Crippen LogP contribution in [0.2, 0.25) is 0 Å². The van der Waals surface area contributed by atoms with Crippen molar-refractivity contribution in [1.82, 2.24) is 14.9 Å². The second-order valence-electron chi connectivity index (χ2n) is 5.70. The van der Waals surface area contributed by atoms with Gasteiger partial charge in [0.15, 0.2) is 0 Å². The maximum Gasteiger partial charge on any atom is 0.264 e. The highest BCUT2D eigenvalue weighted by atomic mass is 32.2. The molecule has 0 saturated carbocycles. The summed E-state index contributed by atoms with van der Waals surface area (Å²) in [4.78, 5) is 0. The molecule has 1 heterocycles. The number of aromatic nitrogens is 3. The van der Waals surface area contributed by atoms with Gasteiger partial charge in [0, 0.05) is 5.75 Å². The summed E-state index contributed by atoms with van der Waals surface area (Å²) in [6, 6.07) is 17.9. The number of hydrazone groups is 1. The van der Waals surface area contributed by atoms with Gasteiger partial charge in [0.05, 0.1) is 12.8 Å². The van der Waals surface area contributed by atoms with Gasteiger partial charge in [-0.3, -0.25) is 0 Å². The normalized spacial score (nSPS) is 11.4. The minimum atomic E-state index is 0.397. The third-order valence-electron chi connectivity index (χ3n) is 3.92. The Morgan fingerprint density at radius 2 is 1.89 bits per heavy atom. The lowest BCUT2D eigenvalue weighted by Gasteiger charge is -2.06. The highest BCUT2D eigenvalue weighted by Gasteiger charge is 2.10. The highest BCUT2D eigenvalue weighted by Crippen LogP contribution is 2.23. The van der Waals surface area contributed by atoms with Crippen LogP contribution in [0, 0.1) is 0 Å². The summed E-state index contributed by atoms with van der Waals surface area (Å²) in [5, 5.41) is 13.3. The van der Waals surface area contributed by atoms with Crippen molar-refractivity contribution < 1.29 is 4.74 Å². The summed E-state index contributed by atoms with van der Waals surface area (Å²) in [7, 11) is 1.65. The molecule has 8 heteroatoms. The summed E-state index contributed by atoms with van der Waals surface area (Å²) in [5.41, 5.74) is 6.05. The number of thioether (sulfide) groups is 1. The molecule has 140 valence electrons. The van der Waals surface area contributed by atoms with E-state index in [2.05, 4.69) is 27.6 Å². The SMILES string of the molecule is CC/C(=N\Nc1nnc(SCc2ccc(OC)cc2)n1N)c1ccccc1. The number of ether oxygens (including phenoxy) is 1. The largest absolute Gasteiger partial charge is 0.497 e. The topological polar surface area (TPSA) is 90.4 Å². The first-order valence-corrected chi connectivity index (χ1v) is 9.54. The molecule has 0 bridgehead atoms. The van der Waals surface area contributed by atoms with Crippen molar-refractivity contribution in [2.75, 3.05) is 18.4 Å². The minimum absolute atomic E-state index is 0.397. The van der Waals surface area contributed by atoms with Gasteiger partial charge in [-0.05, 0) is 29.7 Å². The van der Waals surface area contributed by atoms with Crippen LogP contribution in [-0.4, -0.2) is 27.7 Å². The minimum Gasteiger partial charge on any atom is -0.497 e. The maximum atomic E-state index is 6.10. The fourth-order valence-corrected chi connectivity index (χ4v) is 3.23. The van der Waals surface area contributed by atoms with E-state index in [-0.39, 0.29) is 0 Å². The van der Waals surface area contributed by atoms with Gasteiger partial charge in [0.25, 0.3) is 5.95 Å². The molecule has 3 aromatic rings. The van der Waals surface area contributed by atoms with Crippen molar-refractivity contribution >= 4 is 23.4 Å². The van der Waals surface area contributed by atoms with Crippen LogP contribution in [0.5, 0.6) is 5.75 Å². The molecule has 0 fully saturated rings. The van der Waals surface area contributed by atoms with Crippen molar-refractivity contribution in [3.05, 3.63) is 65.7 Å². The lowest BCUT2D eigenvalue weighted by Crippen LogP contribution is -2.14. The number of nitrogen functional groups attached to an aromatic ring is 1. The summed E-state index contributed by atoms with van der Waals surface area (Å²) >= 11 is 1.51. The molecule has 0 radical (unpaired) electrons. The molecule has 0 unspecified atom stereocenters. The van der Waals surface area contributed by atoms with E-state index < -0.39 is 0 Å². The quantitative estimate of drug-likeness (QED) is 0.268. The molecule has 7 nitrogen and oxygen atoms in total. The van der Waals surface area contributed by atoms with Gasteiger partial charge in [-0.2, -0.15) is 5.10 Å². The lowest BCUT2D eigenvalue weighted by atomic mass is 10.1. The Morgan fingerprint density at radius 1 is 1.15 bits per heavy atom. The predicted octanol–water partition coefficient (Wildman–Crippen LogP) is 3.52. The molecule has 0 saturated heterocycles. The van der Waals surface area contributed by atoms with Crippen molar-refractivity contribution in [2.45, 2.75) is 24.3 Å². The number of rotatable bonds is 8. The molecule has 1 aromatic heterocycles. The molecule has 0 aliphatic carbocycles. The maximum absolute atomic E-state index is 6.10. The number of methoxy groups -OCH3 is 1. The van der Waals surface area contributed by atoms with E-state index in [1.807, 2.05) is 54.6 Å². The van der Waals surface area contributed by atoms with E-state index in [1.54, 1.807) is 7.11 Å². The van der Waals surface area contributed by atoms with Gasteiger partial charge in [-0.15, -0.1) is 10.2 Å². The van der Waals surface area contributed by atoms with Crippen molar-refractivity contribution in [3.8, 4) is 5.75 Å². The second kappa shape index (κ2) is 9.09. The molecule has 0 spiro atoms. The van der Waals surface area contributed by atoms with Crippen LogP contribution in [0.25, 0.3) is 0 Å². The Kier molecular flexibility index (Phi) is 6.32. The molecule has 0 amide bonds. The number of anilines is 1. The van der Waals surface area contributed by atoms with Crippen LogP contribution in [0.15, 0.2) is 64.9 Å². The van der Waals surface area contributed by atoms with Gasteiger partial charge in [-0.25, -0.2) is 10.1 Å². The Hall–Kier alpha value is -3.00. The molecule has 0 aliphatic heterocycles. The molecular formula is C19H22N6OS. The Balaban J connectivity index is 1.65. The van der Waals surface area contributed by atoms with Crippen LogP contribution < -0.4 is 16.0 Å². The van der Waals surface area contributed by atoms with Gasteiger partial charge < -0.3 is 10.6 Å². The highest BCUT2D eigenvalue weighted by molar-refractivity contribution is 7.98. The predicted molar refractivity (Wildman–Crippen MR) is 110 cm³/mol. The van der Waals surface area contributed by atoms with Crippen LogP contribution in [-0.2, 0) is 5.75 Å². The molecule has 0 atom stereocenters. The second-order valence-corrected chi connectivity index (χ2v) is 6.65. The van der Waals surface area contributed by atoms with Crippen LogP contribution in [0.4, 0.5) is 5.95 Å². The third kappa shape index (κ3) is 4.79. The zero-order chi connectivity index (χ0) is 19.1. The Bertz CT molecular complexity index is 892. The van der Waals surface area contributed by atoms with Crippen LogP contribution >= 0.6 is 11.8 Å². The molecule has 27 heavy (non-hydrogen) atoms. The molecular weight excluding hydrogens is 360 g/mol. The first-order valence-electron chi connectivity index (χ1n) is 8.55. The third-order valence-corrected chi connectivity index (χ3v) is 4.94. The van der Waals surface area contributed by atoms with Gasteiger partial charge in [0.2, 0.25) is 5.16 Å². The lowest BCUT2D eigenvalue weighted by molar-refractivity contribution is 0.414. The number of hydrogen-bond acceptors (Lipinski definition) is 7. The summed E-state index contributed by atoms with van der Waals surface area (Å²) in [5.74, 6) is 8.06. The van der Waals surface area contributed by atoms with Crippen LogP contribution in [0.1, 0.15) is 24.5 Å². The van der Waals surface area contributed by atoms with E-state index in [4.69, 9.17) is 10.6 Å². The Labute approximate surface area is 162 Å². The monoisotopic (exact) mass is 382 g/mol. The fourth-order valence-electron chi connectivity index (χ4n) is 2.42. The first kappa shape index (κ1) is 18.8. The average Bonchev–Trinajstić information content (AvgIpc) is 3.08. The molecule has 3 N–H and O–H groups in total. The van der Waals surface area contributed by atoms with Crippen molar-refractivity contribution in [3.63, 3.8) is 0 Å². The summed E-state index contributed by atoms with van der Waals surface area (Å²) in [6.07, 6.45) is 0.787. The van der Waals surface area contributed by atoms with E-state index in [0.29, 0.717) is 11.1 Å². The summed E-state index contributed by atoms with van der Waals surface area (Å²) in [6.45, 7) is 2.05. The Morgan fingerprint density at radius 3 is 2.56 bits per heavy atom. The smallest absolute Gasteiger partial charge is 0.264 e. The molecule has 3 rings (SSSR count). The molecule has 0 aliphatic rings. The molecule has 2 aromatic carbocycles. The number of nitrogens with two attached hydrogens (primary N) is 1. The van der Waals surface area contributed by atoms with Crippen molar-refractivity contribution in [2.24, 2.45) is 5.10 Å². The zero-order valence-corrected chi connectivity index (χ0v) is 16.1. The van der Waals surface area contributed by atoms with Gasteiger partial charge in [0.1, 0.15) is 5.75 Å². The number of benzene rings is 2. The van der Waals surface area contributed by atoms with E-state index in [0.717, 1.165) is 34.8 Å². The fraction of sp³-hybridized carbons (Fsp3) is 0.211. The number of nitrogens with zero attached hydrogens (tertiary/aromatic N) is 4. The number of hydrogen-bond donors (Lipinski definition) is 2. The zero-order valence-electron chi connectivity index (χ0n) is 15.3. The van der Waals surface area contributed by atoms with Crippen molar-refractivity contribution in [1.29, 1.82) is 0 Å².